The van der Waals surface area contributed by atoms with Crippen LogP contribution in [0.1, 0.15) is 62.5 Å². The topological polar surface area (TPSA) is 15.7 Å². The summed E-state index contributed by atoms with van der Waals surface area (Å²) in [5.41, 5.74) is 3.12. The minimum atomic E-state index is 0.702. The van der Waals surface area contributed by atoms with E-state index in [0.717, 1.165) is 31.2 Å². The number of likely N-dealkylation sites (tertiary alicyclic amines) is 1. The molecule has 0 aromatic heterocycles. The highest BCUT2D eigenvalue weighted by Crippen LogP contribution is 2.32. The number of ether oxygens (including phenoxy) is 1. The van der Waals surface area contributed by atoms with Gasteiger partial charge in [0.1, 0.15) is 5.75 Å². The first-order chi connectivity index (χ1) is 14.8. The SMILES string of the molecule is CN1CCC[C@@H]1CCOc1ccc2c3c(ccc2c1)CCN(CC1CCCCC1)C3. The third-order valence-corrected chi connectivity index (χ3v) is 7.91. The molecule has 1 saturated carbocycles. The lowest BCUT2D eigenvalue weighted by Crippen LogP contribution is -2.35. The monoisotopic (exact) mass is 406 g/mol. The Bertz CT molecular complexity index is 857. The molecule has 30 heavy (non-hydrogen) atoms. The Morgan fingerprint density at radius 2 is 1.87 bits per heavy atom. The molecule has 0 bridgehead atoms. The lowest BCUT2D eigenvalue weighted by atomic mass is 9.87. The Morgan fingerprint density at radius 1 is 0.967 bits per heavy atom. The fraction of sp³-hybridized carbons (Fsp3) is 0.630. The van der Waals surface area contributed by atoms with Gasteiger partial charge in [-0.2, -0.15) is 0 Å². The molecule has 3 aliphatic rings. The van der Waals surface area contributed by atoms with E-state index in [4.69, 9.17) is 4.74 Å². The lowest BCUT2D eigenvalue weighted by Gasteiger charge is -2.34. The molecule has 3 nitrogen and oxygen atoms in total. The number of nitrogens with zero attached hydrogens (tertiary/aromatic N) is 2. The maximum absolute atomic E-state index is 6.15. The van der Waals surface area contributed by atoms with Crippen molar-refractivity contribution in [3.8, 4) is 5.75 Å². The van der Waals surface area contributed by atoms with Crippen molar-refractivity contribution in [2.45, 2.75) is 70.4 Å². The molecule has 0 amide bonds. The molecule has 1 atom stereocenters. The average Bonchev–Trinajstić information content (AvgIpc) is 3.19. The van der Waals surface area contributed by atoms with Gasteiger partial charge in [0, 0.05) is 25.7 Å². The first-order valence-corrected chi connectivity index (χ1v) is 12.4. The Labute approximate surface area is 182 Å². The van der Waals surface area contributed by atoms with Gasteiger partial charge in [-0.25, -0.2) is 0 Å². The normalized spacial score (nSPS) is 23.7. The maximum atomic E-state index is 6.15. The highest BCUT2D eigenvalue weighted by molar-refractivity contribution is 5.88. The van der Waals surface area contributed by atoms with E-state index in [9.17, 15) is 0 Å². The third-order valence-electron chi connectivity index (χ3n) is 7.91. The number of rotatable bonds is 6. The van der Waals surface area contributed by atoms with E-state index in [0.29, 0.717) is 6.04 Å². The van der Waals surface area contributed by atoms with E-state index in [2.05, 4.69) is 47.2 Å². The van der Waals surface area contributed by atoms with Crippen molar-refractivity contribution in [2.75, 3.05) is 33.3 Å². The molecule has 0 spiro atoms. The standard InChI is InChI=1S/C27H38N2O/c1-28-15-5-8-24(28)14-17-30-25-11-12-26-23(18-25)10-9-22-13-16-29(20-27(22)26)19-21-6-3-2-4-7-21/h9-12,18,21,24H,2-8,13-17,19-20H2,1H3/t24-/m1/s1. The molecule has 162 valence electrons. The van der Waals surface area contributed by atoms with Gasteiger partial charge in [0.25, 0.3) is 0 Å². The van der Waals surface area contributed by atoms with Gasteiger partial charge in [-0.05, 0) is 92.1 Å². The molecular formula is C27H38N2O. The van der Waals surface area contributed by atoms with Crippen molar-refractivity contribution in [3.05, 3.63) is 41.5 Å². The molecule has 2 aliphatic heterocycles. The van der Waals surface area contributed by atoms with Crippen molar-refractivity contribution in [2.24, 2.45) is 5.92 Å². The van der Waals surface area contributed by atoms with Crippen LogP contribution in [0.5, 0.6) is 5.75 Å². The quantitative estimate of drug-likeness (QED) is 0.617. The van der Waals surface area contributed by atoms with Crippen LogP contribution >= 0.6 is 0 Å². The van der Waals surface area contributed by atoms with E-state index >= 15 is 0 Å². The van der Waals surface area contributed by atoms with Crippen molar-refractivity contribution in [3.63, 3.8) is 0 Å². The van der Waals surface area contributed by atoms with Crippen molar-refractivity contribution in [1.82, 2.24) is 9.80 Å². The van der Waals surface area contributed by atoms with E-state index in [1.807, 2.05) is 0 Å². The predicted molar refractivity (Wildman–Crippen MR) is 125 cm³/mol. The van der Waals surface area contributed by atoms with Crippen LogP contribution in [-0.2, 0) is 13.0 Å². The van der Waals surface area contributed by atoms with Gasteiger partial charge in [0.2, 0.25) is 0 Å². The second-order valence-electron chi connectivity index (χ2n) is 9.99. The van der Waals surface area contributed by atoms with E-state index in [1.54, 1.807) is 11.1 Å². The molecule has 1 saturated heterocycles. The Hall–Kier alpha value is -1.58. The van der Waals surface area contributed by atoms with Crippen LogP contribution in [0.3, 0.4) is 0 Å². The van der Waals surface area contributed by atoms with Crippen LogP contribution in [0.4, 0.5) is 0 Å². The summed E-state index contributed by atoms with van der Waals surface area (Å²) in [7, 11) is 2.24. The van der Waals surface area contributed by atoms with E-state index < -0.39 is 0 Å². The fourth-order valence-electron chi connectivity index (χ4n) is 6.06. The zero-order chi connectivity index (χ0) is 20.3. The Morgan fingerprint density at radius 3 is 2.70 bits per heavy atom. The minimum Gasteiger partial charge on any atom is -0.494 e. The maximum Gasteiger partial charge on any atom is 0.119 e. The summed E-state index contributed by atoms with van der Waals surface area (Å²) < 4.78 is 6.15. The van der Waals surface area contributed by atoms with Crippen molar-refractivity contribution in [1.29, 1.82) is 0 Å². The summed E-state index contributed by atoms with van der Waals surface area (Å²) in [6.45, 7) is 5.71. The molecule has 2 heterocycles. The molecule has 2 aromatic carbocycles. The minimum absolute atomic E-state index is 0.702. The summed E-state index contributed by atoms with van der Waals surface area (Å²) in [6, 6.07) is 12.1. The van der Waals surface area contributed by atoms with Gasteiger partial charge in [-0.15, -0.1) is 0 Å². The molecule has 3 heteroatoms. The largest absolute Gasteiger partial charge is 0.494 e. The summed E-state index contributed by atoms with van der Waals surface area (Å²) >= 11 is 0. The molecule has 2 aromatic rings. The molecule has 5 rings (SSSR count). The van der Waals surface area contributed by atoms with E-state index in [-0.39, 0.29) is 0 Å². The number of hydrogen-bond acceptors (Lipinski definition) is 3. The summed E-state index contributed by atoms with van der Waals surface area (Å²) in [4.78, 5) is 5.20. The highest BCUT2D eigenvalue weighted by atomic mass is 16.5. The average molecular weight is 407 g/mol. The first-order valence-electron chi connectivity index (χ1n) is 12.4. The second kappa shape index (κ2) is 9.28. The summed E-state index contributed by atoms with van der Waals surface area (Å²) in [5.74, 6) is 1.95. The zero-order valence-electron chi connectivity index (χ0n) is 18.7. The van der Waals surface area contributed by atoms with Gasteiger partial charge in [-0.1, -0.05) is 37.5 Å². The third kappa shape index (κ3) is 4.53. The van der Waals surface area contributed by atoms with Crippen molar-refractivity contribution < 1.29 is 4.74 Å². The van der Waals surface area contributed by atoms with Crippen LogP contribution in [0.2, 0.25) is 0 Å². The van der Waals surface area contributed by atoms with E-state index in [1.165, 1.54) is 81.8 Å². The summed E-state index contributed by atoms with van der Waals surface area (Å²) in [5, 5.41) is 2.77. The van der Waals surface area contributed by atoms with Gasteiger partial charge >= 0.3 is 0 Å². The van der Waals surface area contributed by atoms with Crippen LogP contribution in [0.25, 0.3) is 10.8 Å². The highest BCUT2D eigenvalue weighted by Gasteiger charge is 2.23. The van der Waals surface area contributed by atoms with Crippen LogP contribution < -0.4 is 4.74 Å². The Kier molecular flexibility index (Phi) is 6.29. The summed E-state index contributed by atoms with van der Waals surface area (Å²) in [6.07, 6.45) is 12.2. The number of benzene rings is 2. The zero-order valence-corrected chi connectivity index (χ0v) is 18.7. The molecule has 0 radical (unpaired) electrons. The predicted octanol–water partition coefficient (Wildman–Crippen LogP) is 5.64. The second-order valence-corrected chi connectivity index (χ2v) is 9.99. The molecule has 2 fully saturated rings. The Balaban J connectivity index is 1.25. The molecule has 1 aliphatic carbocycles. The van der Waals surface area contributed by atoms with Gasteiger partial charge < -0.3 is 9.64 Å². The van der Waals surface area contributed by atoms with Crippen LogP contribution in [0, 0.1) is 5.92 Å². The number of hydrogen-bond donors (Lipinski definition) is 0. The van der Waals surface area contributed by atoms with Crippen molar-refractivity contribution >= 4 is 10.8 Å². The van der Waals surface area contributed by atoms with Gasteiger partial charge in [-0.3, -0.25) is 4.90 Å². The lowest BCUT2D eigenvalue weighted by molar-refractivity contribution is 0.188. The van der Waals surface area contributed by atoms with Gasteiger partial charge in [0.05, 0.1) is 6.61 Å². The smallest absolute Gasteiger partial charge is 0.119 e. The fourth-order valence-corrected chi connectivity index (χ4v) is 6.06. The molecule has 0 N–H and O–H groups in total. The van der Waals surface area contributed by atoms with Crippen LogP contribution in [-0.4, -0.2) is 49.1 Å². The van der Waals surface area contributed by atoms with Crippen LogP contribution in [0.15, 0.2) is 30.3 Å². The van der Waals surface area contributed by atoms with Gasteiger partial charge in [0.15, 0.2) is 0 Å². The number of fused-ring (bicyclic) bond motifs is 3. The first kappa shape index (κ1) is 20.3. The molecular weight excluding hydrogens is 368 g/mol. The molecule has 0 unspecified atom stereocenters.